The molecule has 12 nitrogen and oxygen atoms in total. The van der Waals surface area contributed by atoms with Crippen molar-refractivity contribution in [2.24, 2.45) is 5.73 Å². The zero-order valence-electron chi connectivity index (χ0n) is 28.1. The third-order valence-corrected chi connectivity index (χ3v) is 9.60. The molecule has 1 aliphatic heterocycles. The molecule has 5 aromatic rings. The van der Waals surface area contributed by atoms with Crippen molar-refractivity contribution >= 4 is 40.7 Å². The topological polar surface area (TPSA) is 173 Å². The molecule has 4 heterocycles. The molecular formula is C37H36Cl2FN7O5. The predicted molar refractivity (Wildman–Crippen MR) is 196 cm³/mol. The number of nitrogens with one attached hydrogen (secondary N) is 3. The molecule has 52 heavy (non-hydrogen) atoms. The van der Waals surface area contributed by atoms with E-state index in [2.05, 4.69) is 25.9 Å². The standard InChI is InChI=1S/C37H36Cl2FN7O5/c1-52-36-28(19-43-17-22-8-9-33(50)45-22)29(40)14-30(46-36)27-7-3-6-26(35(27)39)25-5-2-4-24(34(25)38)20-10-11-47-32(12-20)44-16-21(37(47)51)15-42-18-23(48)13-31(41)49/h2-7,10-12,14,16,22-23,42-43,48H,8-9,13,15,17-19H2,1H3,(H2,41,49)(H,45,50)/t22-,23?/m0/s1. The van der Waals surface area contributed by atoms with Crippen molar-refractivity contribution in [2.75, 3.05) is 20.2 Å². The van der Waals surface area contributed by atoms with Crippen LogP contribution in [-0.4, -0.2) is 63.6 Å². The molecule has 15 heteroatoms. The van der Waals surface area contributed by atoms with Gasteiger partial charge in [-0.25, -0.2) is 14.4 Å². The van der Waals surface area contributed by atoms with Crippen LogP contribution in [0.2, 0.25) is 10.0 Å². The van der Waals surface area contributed by atoms with E-state index < -0.39 is 17.8 Å². The summed E-state index contributed by atoms with van der Waals surface area (Å²) < 4.78 is 22.4. The van der Waals surface area contributed by atoms with Crippen LogP contribution in [0.3, 0.4) is 0 Å². The molecule has 2 amide bonds. The fourth-order valence-electron chi connectivity index (χ4n) is 6.17. The third kappa shape index (κ3) is 8.09. The molecule has 1 fully saturated rings. The number of aliphatic hydroxyl groups is 1. The van der Waals surface area contributed by atoms with Gasteiger partial charge in [0.05, 0.1) is 40.9 Å². The van der Waals surface area contributed by atoms with Crippen LogP contribution >= 0.6 is 23.2 Å². The number of rotatable bonds is 14. The fraction of sp³-hybridized carbons (Fsp3) is 0.270. The van der Waals surface area contributed by atoms with Gasteiger partial charge in [0.15, 0.2) is 0 Å². The van der Waals surface area contributed by atoms with E-state index in [0.717, 1.165) is 6.42 Å². The highest BCUT2D eigenvalue weighted by molar-refractivity contribution is 6.39. The number of pyridine rings is 2. The van der Waals surface area contributed by atoms with Crippen LogP contribution in [-0.2, 0) is 22.7 Å². The van der Waals surface area contributed by atoms with Gasteiger partial charge >= 0.3 is 0 Å². The Kier molecular flexibility index (Phi) is 11.5. The molecule has 6 N–H and O–H groups in total. The summed E-state index contributed by atoms with van der Waals surface area (Å²) in [6.45, 7) is 0.873. The van der Waals surface area contributed by atoms with E-state index >= 15 is 4.39 Å². The number of carbonyl (C=O) groups excluding carboxylic acids is 2. The lowest BCUT2D eigenvalue weighted by atomic mass is 9.97. The molecule has 2 atom stereocenters. The Labute approximate surface area is 308 Å². The van der Waals surface area contributed by atoms with Crippen LogP contribution in [0.5, 0.6) is 5.88 Å². The molecule has 0 bridgehead atoms. The highest BCUT2D eigenvalue weighted by Crippen LogP contribution is 2.42. The molecule has 6 rings (SSSR count). The van der Waals surface area contributed by atoms with Crippen molar-refractivity contribution < 1.29 is 23.8 Å². The zero-order valence-corrected chi connectivity index (χ0v) is 29.6. The SMILES string of the molecule is COc1nc(-c2cccc(-c3cccc(-c4ccn5c(=O)c(CNCC(O)CC(N)=O)cnc5c4)c3Cl)c2Cl)cc(F)c1CNC[C@@H]1CCC(=O)N1. The highest BCUT2D eigenvalue weighted by Gasteiger charge is 2.22. The minimum atomic E-state index is -0.961. The van der Waals surface area contributed by atoms with Gasteiger partial charge in [-0.2, -0.15) is 0 Å². The number of hydrogen-bond donors (Lipinski definition) is 5. The Morgan fingerprint density at radius 3 is 2.48 bits per heavy atom. The number of aliphatic hydroxyl groups excluding tert-OH is 1. The number of aromatic nitrogens is 3. The predicted octanol–water partition coefficient (Wildman–Crippen LogP) is 4.24. The lowest BCUT2D eigenvalue weighted by Gasteiger charge is -2.16. The van der Waals surface area contributed by atoms with Gasteiger partial charge in [0, 0.05) is 84.9 Å². The Morgan fingerprint density at radius 1 is 1.08 bits per heavy atom. The lowest BCUT2D eigenvalue weighted by Crippen LogP contribution is -2.35. The van der Waals surface area contributed by atoms with Crippen molar-refractivity contribution in [1.29, 1.82) is 0 Å². The van der Waals surface area contributed by atoms with Crippen LogP contribution in [0.1, 0.15) is 30.4 Å². The summed E-state index contributed by atoms with van der Waals surface area (Å²) in [5.74, 6) is -1.00. The molecule has 0 radical (unpaired) electrons. The van der Waals surface area contributed by atoms with Crippen LogP contribution in [0.4, 0.5) is 4.39 Å². The average molecular weight is 749 g/mol. The molecule has 1 saturated heterocycles. The molecule has 3 aromatic heterocycles. The van der Waals surface area contributed by atoms with Crippen LogP contribution < -0.4 is 32.0 Å². The highest BCUT2D eigenvalue weighted by atomic mass is 35.5. The largest absolute Gasteiger partial charge is 0.481 e. The number of fused-ring (bicyclic) bond motifs is 1. The van der Waals surface area contributed by atoms with Gasteiger partial charge in [0.25, 0.3) is 5.56 Å². The van der Waals surface area contributed by atoms with E-state index in [-0.39, 0.29) is 60.7 Å². The minimum Gasteiger partial charge on any atom is -0.481 e. The average Bonchev–Trinajstić information content (AvgIpc) is 3.54. The Morgan fingerprint density at radius 2 is 1.79 bits per heavy atom. The molecule has 2 aromatic carbocycles. The zero-order chi connectivity index (χ0) is 36.9. The van der Waals surface area contributed by atoms with E-state index in [1.807, 2.05) is 24.3 Å². The van der Waals surface area contributed by atoms with Gasteiger partial charge in [-0.3, -0.25) is 18.8 Å². The summed E-state index contributed by atoms with van der Waals surface area (Å²) in [5.41, 5.74) is 9.22. The van der Waals surface area contributed by atoms with Crippen LogP contribution in [0, 0.1) is 5.82 Å². The van der Waals surface area contributed by atoms with Crippen LogP contribution in [0.25, 0.3) is 39.2 Å². The number of nitrogens with two attached hydrogens (primary N) is 1. The molecule has 1 unspecified atom stereocenters. The number of ether oxygens (including phenoxy) is 1. The number of primary amides is 1. The number of nitrogens with zero attached hydrogens (tertiary/aromatic N) is 3. The van der Waals surface area contributed by atoms with Gasteiger partial charge in [0.1, 0.15) is 11.5 Å². The van der Waals surface area contributed by atoms with Crippen molar-refractivity contribution in [3.63, 3.8) is 0 Å². The summed E-state index contributed by atoms with van der Waals surface area (Å²) in [5, 5.41) is 19.6. The van der Waals surface area contributed by atoms with Gasteiger partial charge in [-0.15, -0.1) is 0 Å². The second-order valence-corrected chi connectivity index (χ2v) is 13.2. The first kappa shape index (κ1) is 36.9. The first-order valence-corrected chi connectivity index (χ1v) is 17.3. The Balaban J connectivity index is 1.24. The Hall–Kier alpha value is -4.92. The summed E-state index contributed by atoms with van der Waals surface area (Å²) in [6, 6.07) is 15.7. The number of benzene rings is 2. The van der Waals surface area contributed by atoms with Gasteiger partial charge in [-0.05, 0) is 24.1 Å². The number of carbonyl (C=O) groups is 2. The molecule has 0 aliphatic carbocycles. The summed E-state index contributed by atoms with van der Waals surface area (Å²) in [6.07, 6.45) is 3.13. The van der Waals surface area contributed by atoms with E-state index in [1.54, 1.807) is 30.5 Å². The number of hydrogen-bond acceptors (Lipinski definition) is 9. The van der Waals surface area contributed by atoms with Crippen molar-refractivity contribution in [1.82, 2.24) is 30.3 Å². The molecule has 0 saturated carbocycles. The second kappa shape index (κ2) is 16.2. The maximum atomic E-state index is 15.5. The number of methoxy groups -OCH3 is 1. The molecule has 0 spiro atoms. The summed E-state index contributed by atoms with van der Waals surface area (Å²) in [7, 11) is 1.42. The normalized spacial score (nSPS) is 14.8. The lowest BCUT2D eigenvalue weighted by molar-refractivity contribution is -0.120. The van der Waals surface area contributed by atoms with Gasteiger partial charge < -0.3 is 31.5 Å². The van der Waals surface area contributed by atoms with Crippen LogP contribution in [0.15, 0.2) is 71.8 Å². The van der Waals surface area contributed by atoms with Gasteiger partial charge in [0.2, 0.25) is 17.7 Å². The van der Waals surface area contributed by atoms with Gasteiger partial charge in [-0.1, -0.05) is 59.6 Å². The number of halogens is 3. The first-order valence-electron chi connectivity index (χ1n) is 16.5. The maximum absolute atomic E-state index is 15.5. The second-order valence-electron chi connectivity index (χ2n) is 12.4. The minimum absolute atomic E-state index is 0.00512. The monoisotopic (exact) mass is 747 g/mol. The van der Waals surface area contributed by atoms with Crippen molar-refractivity contribution in [2.45, 2.75) is 44.5 Å². The van der Waals surface area contributed by atoms with Crippen molar-refractivity contribution in [3.8, 4) is 39.4 Å². The fourth-order valence-corrected chi connectivity index (χ4v) is 6.83. The maximum Gasteiger partial charge on any atom is 0.262 e. The first-order chi connectivity index (χ1) is 25.0. The smallest absolute Gasteiger partial charge is 0.262 e. The third-order valence-electron chi connectivity index (χ3n) is 8.79. The van der Waals surface area contributed by atoms with E-state index in [4.69, 9.17) is 33.7 Å². The quantitative estimate of drug-likeness (QED) is 0.111. The van der Waals surface area contributed by atoms with E-state index in [1.165, 1.54) is 23.8 Å². The molecule has 270 valence electrons. The molecule has 1 aliphatic rings. The van der Waals surface area contributed by atoms with E-state index in [9.17, 15) is 19.5 Å². The number of amides is 2. The summed E-state index contributed by atoms with van der Waals surface area (Å²) >= 11 is 14.0. The van der Waals surface area contributed by atoms with Crippen molar-refractivity contribution in [3.05, 3.63) is 104 Å². The summed E-state index contributed by atoms with van der Waals surface area (Å²) in [4.78, 5) is 44.7. The van der Waals surface area contributed by atoms with E-state index in [0.29, 0.717) is 62.0 Å². The Bertz CT molecular complexity index is 2220. The molecular weight excluding hydrogens is 712 g/mol.